The van der Waals surface area contributed by atoms with E-state index in [2.05, 4.69) is 38.1 Å². The van der Waals surface area contributed by atoms with Gasteiger partial charge in [0.15, 0.2) is 0 Å². The SMILES string of the molecule is CCC=CCCCN(C)C. The minimum Gasteiger partial charge on any atom is -0.309 e. The van der Waals surface area contributed by atoms with Gasteiger partial charge < -0.3 is 4.90 Å². The van der Waals surface area contributed by atoms with Crippen molar-refractivity contribution in [2.24, 2.45) is 0 Å². The van der Waals surface area contributed by atoms with Gasteiger partial charge in [-0.05, 0) is 39.9 Å². The third-order valence-electron chi connectivity index (χ3n) is 1.38. The molecule has 0 radical (unpaired) electrons. The lowest BCUT2D eigenvalue weighted by Crippen LogP contribution is -2.12. The van der Waals surface area contributed by atoms with E-state index in [9.17, 15) is 0 Å². The third kappa shape index (κ3) is 7.70. The van der Waals surface area contributed by atoms with Crippen molar-refractivity contribution in [3.8, 4) is 0 Å². The lowest BCUT2D eigenvalue weighted by molar-refractivity contribution is 0.402. The minimum atomic E-state index is 1.17. The molecule has 0 aromatic carbocycles. The van der Waals surface area contributed by atoms with Crippen molar-refractivity contribution < 1.29 is 0 Å². The van der Waals surface area contributed by atoms with E-state index in [1.54, 1.807) is 0 Å². The summed E-state index contributed by atoms with van der Waals surface area (Å²) in [5.41, 5.74) is 0. The summed E-state index contributed by atoms with van der Waals surface area (Å²) >= 11 is 0. The molecule has 0 aromatic rings. The molecule has 0 saturated carbocycles. The zero-order valence-corrected chi connectivity index (χ0v) is 7.43. The Kier molecular flexibility index (Phi) is 6.61. The molecule has 0 fully saturated rings. The molecule has 0 aromatic heterocycles. The second-order valence-corrected chi connectivity index (χ2v) is 2.83. The average molecular weight is 141 g/mol. The highest BCUT2D eigenvalue weighted by Crippen LogP contribution is 1.93. The van der Waals surface area contributed by atoms with E-state index >= 15 is 0 Å². The molecule has 0 saturated heterocycles. The molecule has 0 spiro atoms. The summed E-state index contributed by atoms with van der Waals surface area (Å²) < 4.78 is 0. The zero-order chi connectivity index (χ0) is 7.82. The molecular formula is C9H19N. The topological polar surface area (TPSA) is 3.24 Å². The Morgan fingerprint density at radius 1 is 1.20 bits per heavy atom. The molecule has 0 aliphatic heterocycles. The number of hydrogen-bond donors (Lipinski definition) is 0. The standard InChI is InChI=1S/C9H19N/c1-4-5-6-7-8-9-10(2)3/h5-6H,4,7-9H2,1-3H3. The lowest BCUT2D eigenvalue weighted by atomic mass is 10.2. The van der Waals surface area contributed by atoms with Crippen LogP contribution in [0.15, 0.2) is 12.2 Å². The summed E-state index contributed by atoms with van der Waals surface area (Å²) in [6.07, 6.45) is 8.18. The lowest BCUT2D eigenvalue weighted by Gasteiger charge is -2.06. The quantitative estimate of drug-likeness (QED) is 0.419. The predicted molar refractivity (Wildman–Crippen MR) is 47.2 cm³/mol. The molecule has 60 valence electrons. The maximum Gasteiger partial charge on any atom is -0.00219 e. The molecule has 10 heavy (non-hydrogen) atoms. The Hall–Kier alpha value is -0.300. The van der Waals surface area contributed by atoms with Gasteiger partial charge in [-0.1, -0.05) is 19.1 Å². The molecular weight excluding hydrogens is 122 g/mol. The van der Waals surface area contributed by atoms with Crippen molar-refractivity contribution in [3.63, 3.8) is 0 Å². The van der Waals surface area contributed by atoms with Gasteiger partial charge in [0.2, 0.25) is 0 Å². The van der Waals surface area contributed by atoms with Crippen molar-refractivity contribution in [2.45, 2.75) is 26.2 Å². The molecule has 0 unspecified atom stereocenters. The number of nitrogens with zero attached hydrogens (tertiary/aromatic N) is 1. The first kappa shape index (κ1) is 9.70. The predicted octanol–water partition coefficient (Wildman–Crippen LogP) is 2.29. The van der Waals surface area contributed by atoms with E-state index < -0.39 is 0 Å². The molecule has 0 N–H and O–H groups in total. The summed E-state index contributed by atoms with van der Waals surface area (Å²) in [5, 5.41) is 0. The summed E-state index contributed by atoms with van der Waals surface area (Å²) in [4.78, 5) is 2.22. The zero-order valence-electron chi connectivity index (χ0n) is 7.43. The van der Waals surface area contributed by atoms with Crippen molar-refractivity contribution in [3.05, 3.63) is 12.2 Å². The third-order valence-corrected chi connectivity index (χ3v) is 1.38. The molecule has 0 bridgehead atoms. The number of rotatable bonds is 5. The maximum absolute atomic E-state index is 2.27. The Morgan fingerprint density at radius 2 is 1.90 bits per heavy atom. The van der Waals surface area contributed by atoms with Crippen LogP contribution in [0.2, 0.25) is 0 Å². The van der Waals surface area contributed by atoms with Gasteiger partial charge in [-0.2, -0.15) is 0 Å². The first-order valence-electron chi connectivity index (χ1n) is 4.07. The van der Waals surface area contributed by atoms with Gasteiger partial charge in [0.1, 0.15) is 0 Å². The maximum atomic E-state index is 2.27. The molecule has 0 rings (SSSR count). The first-order valence-corrected chi connectivity index (χ1v) is 4.07. The first-order chi connectivity index (χ1) is 4.77. The van der Waals surface area contributed by atoms with Gasteiger partial charge in [-0.3, -0.25) is 0 Å². The largest absolute Gasteiger partial charge is 0.309 e. The van der Waals surface area contributed by atoms with Crippen LogP contribution in [0.5, 0.6) is 0 Å². The number of hydrogen-bond acceptors (Lipinski definition) is 1. The van der Waals surface area contributed by atoms with Crippen LogP contribution in [0, 0.1) is 0 Å². The fraction of sp³-hybridized carbons (Fsp3) is 0.778. The van der Waals surface area contributed by atoms with Gasteiger partial charge in [-0.15, -0.1) is 0 Å². The Balaban J connectivity index is 2.97. The van der Waals surface area contributed by atoms with Crippen LogP contribution in [-0.2, 0) is 0 Å². The van der Waals surface area contributed by atoms with Gasteiger partial charge in [-0.25, -0.2) is 0 Å². The van der Waals surface area contributed by atoms with Gasteiger partial charge >= 0.3 is 0 Å². The molecule has 0 aliphatic rings. The van der Waals surface area contributed by atoms with Gasteiger partial charge in [0.05, 0.1) is 0 Å². The van der Waals surface area contributed by atoms with Crippen molar-refractivity contribution in [1.29, 1.82) is 0 Å². The van der Waals surface area contributed by atoms with Crippen LogP contribution in [0.4, 0.5) is 0 Å². The van der Waals surface area contributed by atoms with E-state index in [0.717, 1.165) is 0 Å². The average Bonchev–Trinajstić information content (AvgIpc) is 1.87. The fourth-order valence-electron chi connectivity index (χ4n) is 0.810. The van der Waals surface area contributed by atoms with Crippen LogP contribution in [0.25, 0.3) is 0 Å². The van der Waals surface area contributed by atoms with Crippen LogP contribution in [0.3, 0.4) is 0 Å². The van der Waals surface area contributed by atoms with Crippen LogP contribution < -0.4 is 0 Å². The van der Waals surface area contributed by atoms with Crippen molar-refractivity contribution in [2.75, 3.05) is 20.6 Å². The molecule has 0 heterocycles. The summed E-state index contributed by atoms with van der Waals surface area (Å²) in [7, 11) is 4.23. The molecule has 1 heteroatoms. The van der Waals surface area contributed by atoms with E-state index in [-0.39, 0.29) is 0 Å². The second kappa shape index (κ2) is 6.81. The number of unbranched alkanes of at least 4 members (excludes halogenated alkanes) is 1. The highest BCUT2D eigenvalue weighted by atomic mass is 15.0. The van der Waals surface area contributed by atoms with E-state index in [4.69, 9.17) is 0 Å². The smallest absolute Gasteiger partial charge is 0.00219 e. The van der Waals surface area contributed by atoms with E-state index in [1.807, 2.05) is 0 Å². The van der Waals surface area contributed by atoms with E-state index in [0.29, 0.717) is 0 Å². The summed E-state index contributed by atoms with van der Waals surface area (Å²) in [6, 6.07) is 0. The summed E-state index contributed by atoms with van der Waals surface area (Å²) in [6.45, 7) is 3.37. The second-order valence-electron chi connectivity index (χ2n) is 2.83. The highest BCUT2D eigenvalue weighted by Gasteiger charge is 1.86. The van der Waals surface area contributed by atoms with Crippen LogP contribution in [0.1, 0.15) is 26.2 Å². The van der Waals surface area contributed by atoms with Crippen molar-refractivity contribution >= 4 is 0 Å². The number of allylic oxidation sites excluding steroid dienone is 2. The Labute approximate surface area is 64.7 Å². The Bertz CT molecular complexity index is 84.7. The normalized spacial score (nSPS) is 11.6. The van der Waals surface area contributed by atoms with Gasteiger partial charge in [0, 0.05) is 0 Å². The molecule has 0 aliphatic carbocycles. The van der Waals surface area contributed by atoms with Gasteiger partial charge in [0.25, 0.3) is 0 Å². The highest BCUT2D eigenvalue weighted by molar-refractivity contribution is 4.79. The fourth-order valence-corrected chi connectivity index (χ4v) is 0.810. The van der Waals surface area contributed by atoms with E-state index in [1.165, 1.54) is 25.8 Å². The molecule has 0 atom stereocenters. The van der Waals surface area contributed by atoms with Crippen LogP contribution in [-0.4, -0.2) is 25.5 Å². The van der Waals surface area contributed by atoms with Crippen LogP contribution >= 0.6 is 0 Å². The molecule has 1 nitrogen and oxygen atoms in total. The molecule has 0 amide bonds. The Morgan fingerprint density at radius 3 is 2.40 bits per heavy atom. The minimum absolute atomic E-state index is 1.17. The van der Waals surface area contributed by atoms with Crippen molar-refractivity contribution in [1.82, 2.24) is 4.90 Å². The monoisotopic (exact) mass is 141 g/mol. The summed E-state index contributed by atoms with van der Waals surface area (Å²) in [5.74, 6) is 0.